The molecule has 0 radical (unpaired) electrons. The van der Waals surface area contributed by atoms with E-state index in [0.717, 1.165) is 28.5 Å². The van der Waals surface area contributed by atoms with Gasteiger partial charge in [-0.2, -0.15) is 4.59 Å². The molecule has 2 aliphatic rings. The summed E-state index contributed by atoms with van der Waals surface area (Å²) in [5, 5.41) is 21.1. The lowest BCUT2D eigenvalue weighted by Crippen LogP contribution is -2.56. The number of benzene rings is 3. The van der Waals surface area contributed by atoms with Gasteiger partial charge in [0.1, 0.15) is 24.7 Å². The van der Waals surface area contributed by atoms with E-state index >= 15 is 0 Å². The van der Waals surface area contributed by atoms with Crippen molar-refractivity contribution in [2.75, 3.05) is 38.5 Å². The fourth-order valence-corrected chi connectivity index (χ4v) is 4.32. The minimum atomic E-state index is -0.442. The van der Waals surface area contributed by atoms with Gasteiger partial charge in [0.25, 0.3) is 0 Å². The van der Waals surface area contributed by atoms with Crippen LogP contribution in [0.15, 0.2) is 76.8 Å². The third-order valence-corrected chi connectivity index (χ3v) is 6.27. The zero-order valence-corrected chi connectivity index (χ0v) is 18.9. The van der Waals surface area contributed by atoms with Gasteiger partial charge in [0.2, 0.25) is 0 Å². The largest absolute Gasteiger partial charge is 0.855 e. The molecule has 3 aromatic carbocycles. The first-order chi connectivity index (χ1) is 15.9. The first kappa shape index (κ1) is 21.4. The molecule has 6 nitrogen and oxygen atoms in total. The molecule has 0 atom stereocenters. The molecular formula is C25H23ClFN5O. The number of para-hydroxylation sites is 1. The molecule has 0 bridgehead atoms. The maximum atomic E-state index is 13.5. The van der Waals surface area contributed by atoms with Gasteiger partial charge in [-0.3, -0.25) is 0 Å². The highest BCUT2D eigenvalue weighted by Gasteiger charge is 2.32. The van der Waals surface area contributed by atoms with Crippen LogP contribution in [0.3, 0.4) is 0 Å². The van der Waals surface area contributed by atoms with Gasteiger partial charge in [0, 0.05) is 16.3 Å². The Labute approximate surface area is 196 Å². The van der Waals surface area contributed by atoms with Crippen molar-refractivity contribution in [3.05, 3.63) is 88.7 Å². The number of nitrogens with zero attached hydrogens (tertiary/aromatic N) is 4. The van der Waals surface area contributed by atoms with Crippen molar-refractivity contribution in [2.24, 2.45) is 10.1 Å². The summed E-state index contributed by atoms with van der Waals surface area (Å²) < 4.78 is 13.7. The fourth-order valence-electron chi connectivity index (χ4n) is 4.16. The van der Waals surface area contributed by atoms with Crippen LogP contribution in [0, 0.1) is 5.82 Å². The lowest BCUT2D eigenvalue weighted by Gasteiger charge is -2.39. The smallest absolute Gasteiger partial charge is 0.139 e. The van der Waals surface area contributed by atoms with Gasteiger partial charge in [-0.25, -0.2) is 9.38 Å². The molecule has 8 heteroatoms. The van der Waals surface area contributed by atoms with Crippen molar-refractivity contribution in [1.29, 1.82) is 0 Å². The van der Waals surface area contributed by atoms with Crippen LogP contribution in [0.25, 0.3) is 0 Å². The number of rotatable bonds is 2. The zero-order chi connectivity index (χ0) is 23.0. The normalized spacial score (nSPS) is 17.4. The molecule has 3 aromatic rings. The SMILES string of the molecule is C[N+]1(/N=C(\[O-])c2cccc(F)c2)CCN(C2=Nc3cc(Cl)ccc3Nc3ccccc32)CC1. The highest BCUT2D eigenvalue weighted by molar-refractivity contribution is 6.31. The molecule has 1 fully saturated rings. The molecule has 1 saturated heterocycles. The predicted molar refractivity (Wildman–Crippen MR) is 128 cm³/mol. The van der Waals surface area contributed by atoms with Crippen molar-refractivity contribution in [3.63, 3.8) is 0 Å². The molecular weight excluding hydrogens is 441 g/mol. The summed E-state index contributed by atoms with van der Waals surface area (Å²) in [6.45, 7) is 2.58. The summed E-state index contributed by atoms with van der Waals surface area (Å²) in [6.07, 6.45) is 0. The number of hydrogen-bond donors (Lipinski definition) is 1. The van der Waals surface area contributed by atoms with Gasteiger partial charge in [-0.15, -0.1) is 0 Å². The number of piperazine rings is 1. The third kappa shape index (κ3) is 4.42. The van der Waals surface area contributed by atoms with Crippen LogP contribution in [0.2, 0.25) is 5.02 Å². The minimum Gasteiger partial charge on any atom is -0.855 e. The number of likely N-dealkylation sites (N-methyl/N-ethyl adjacent to an activating group) is 1. The van der Waals surface area contributed by atoms with E-state index in [4.69, 9.17) is 16.6 Å². The molecule has 0 amide bonds. The molecule has 5 rings (SSSR count). The number of quaternary nitrogens is 1. The van der Waals surface area contributed by atoms with Gasteiger partial charge < -0.3 is 15.3 Å². The number of halogens is 2. The first-order valence-electron chi connectivity index (χ1n) is 10.8. The Morgan fingerprint density at radius 2 is 1.85 bits per heavy atom. The standard InChI is InChI=1S/C25H23ClFN5O/c1-32(30-25(33)17-5-4-6-19(27)15-17)13-11-31(12-14-32)24-20-7-2-3-8-21(20)28-22-10-9-18(26)16-23(22)29-24/h2-10,15-16H,11-14H2,1H3,(H-,28,29,30,33). The van der Waals surface area contributed by atoms with Gasteiger partial charge in [-0.05, 0) is 48.0 Å². The second-order valence-electron chi connectivity index (χ2n) is 8.46. The minimum absolute atomic E-state index is 0.238. The second kappa shape index (κ2) is 8.50. The molecule has 168 valence electrons. The molecule has 0 saturated carbocycles. The fraction of sp³-hybridized carbons (Fsp3) is 0.200. The van der Waals surface area contributed by atoms with Crippen LogP contribution < -0.4 is 10.4 Å². The quantitative estimate of drug-likeness (QED) is 0.353. The van der Waals surface area contributed by atoms with E-state index in [2.05, 4.69) is 21.4 Å². The Bertz CT molecular complexity index is 1270. The summed E-state index contributed by atoms with van der Waals surface area (Å²) in [6, 6.07) is 19.4. The topological polar surface area (TPSA) is 63.1 Å². The van der Waals surface area contributed by atoms with Gasteiger partial charge in [0.05, 0.1) is 37.4 Å². The molecule has 33 heavy (non-hydrogen) atoms. The summed E-state index contributed by atoms with van der Waals surface area (Å²) in [5.74, 6) is 0.0137. The van der Waals surface area contributed by atoms with Crippen molar-refractivity contribution < 1.29 is 14.1 Å². The average molecular weight is 464 g/mol. The van der Waals surface area contributed by atoms with Crippen LogP contribution in [0.4, 0.5) is 21.5 Å². The van der Waals surface area contributed by atoms with Gasteiger partial charge in [-0.1, -0.05) is 41.0 Å². The number of nitrogens with one attached hydrogen (secondary N) is 1. The van der Waals surface area contributed by atoms with E-state index in [1.807, 2.05) is 43.4 Å². The lowest BCUT2D eigenvalue weighted by atomic mass is 10.1. The summed E-state index contributed by atoms with van der Waals surface area (Å²) >= 11 is 6.24. The van der Waals surface area contributed by atoms with E-state index in [9.17, 15) is 9.50 Å². The first-order valence-corrected chi connectivity index (χ1v) is 11.2. The van der Waals surface area contributed by atoms with Gasteiger partial charge >= 0.3 is 0 Å². The Morgan fingerprint density at radius 1 is 1.06 bits per heavy atom. The Morgan fingerprint density at radius 3 is 2.64 bits per heavy atom. The summed E-state index contributed by atoms with van der Waals surface area (Å²) in [7, 11) is 1.92. The van der Waals surface area contributed by atoms with Crippen molar-refractivity contribution in [3.8, 4) is 0 Å². The van der Waals surface area contributed by atoms with Crippen LogP contribution >= 0.6 is 11.6 Å². The van der Waals surface area contributed by atoms with Crippen LogP contribution in [0.5, 0.6) is 0 Å². The van der Waals surface area contributed by atoms with Crippen molar-refractivity contribution >= 4 is 40.4 Å². The highest BCUT2D eigenvalue weighted by Crippen LogP contribution is 2.36. The molecule has 2 aliphatic heterocycles. The Kier molecular flexibility index (Phi) is 5.52. The van der Waals surface area contributed by atoms with Gasteiger partial charge in [0.15, 0.2) is 0 Å². The van der Waals surface area contributed by atoms with Crippen LogP contribution in [-0.4, -0.2) is 54.5 Å². The predicted octanol–water partition coefficient (Wildman–Crippen LogP) is 4.10. The monoisotopic (exact) mass is 463 g/mol. The van der Waals surface area contributed by atoms with Crippen LogP contribution in [-0.2, 0) is 0 Å². The molecule has 0 aromatic heterocycles. The molecule has 2 heterocycles. The number of hydrogen-bond acceptors (Lipinski definition) is 5. The maximum absolute atomic E-state index is 13.5. The Balaban J connectivity index is 1.42. The number of aliphatic imine (C=N–C) groups is 1. The van der Waals surface area contributed by atoms with E-state index in [1.165, 1.54) is 18.2 Å². The van der Waals surface area contributed by atoms with E-state index in [-0.39, 0.29) is 10.2 Å². The Hall–Kier alpha value is -3.42. The van der Waals surface area contributed by atoms with E-state index < -0.39 is 11.7 Å². The van der Waals surface area contributed by atoms with Crippen LogP contribution in [0.1, 0.15) is 11.1 Å². The number of amidine groups is 1. The second-order valence-corrected chi connectivity index (χ2v) is 8.89. The number of fused-ring (bicyclic) bond motifs is 2. The number of anilines is 2. The van der Waals surface area contributed by atoms with Crippen molar-refractivity contribution in [1.82, 2.24) is 4.90 Å². The van der Waals surface area contributed by atoms with E-state index in [1.54, 1.807) is 6.07 Å². The maximum Gasteiger partial charge on any atom is 0.139 e. The average Bonchev–Trinajstić information content (AvgIpc) is 2.96. The van der Waals surface area contributed by atoms with Crippen molar-refractivity contribution in [2.45, 2.75) is 0 Å². The zero-order valence-electron chi connectivity index (χ0n) is 18.1. The molecule has 0 spiro atoms. The summed E-state index contributed by atoms with van der Waals surface area (Å²) in [4.78, 5) is 7.20. The highest BCUT2D eigenvalue weighted by atomic mass is 35.5. The third-order valence-electron chi connectivity index (χ3n) is 6.03. The summed E-state index contributed by atoms with van der Waals surface area (Å²) in [5.41, 5.74) is 3.93. The molecule has 0 aliphatic carbocycles. The molecule has 1 N–H and O–H groups in total. The lowest BCUT2D eigenvalue weighted by molar-refractivity contribution is -0.920. The van der Waals surface area contributed by atoms with E-state index in [0.29, 0.717) is 31.2 Å². The molecule has 0 unspecified atom stereocenters.